The predicted molar refractivity (Wildman–Crippen MR) is 93.9 cm³/mol. The Hall–Kier alpha value is -1.89. The minimum absolute atomic E-state index is 0.186. The first-order valence-corrected chi connectivity index (χ1v) is 9.64. The van der Waals surface area contributed by atoms with Crippen molar-refractivity contribution in [2.24, 2.45) is 17.3 Å². The highest BCUT2D eigenvalue weighted by molar-refractivity contribution is 5.94. The SMILES string of the molecule is Cc1cn(C2CCOCC2)nc1C(=O)NCC1(C(=O)O)CC2CCC1C2. The average molecular weight is 361 g/mol. The number of aromatic nitrogens is 2. The number of hydrogen-bond donors (Lipinski definition) is 2. The maximum Gasteiger partial charge on any atom is 0.311 e. The van der Waals surface area contributed by atoms with E-state index in [-0.39, 0.29) is 24.4 Å². The van der Waals surface area contributed by atoms with Crippen LogP contribution in [0.4, 0.5) is 0 Å². The van der Waals surface area contributed by atoms with Gasteiger partial charge in [0.25, 0.3) is 5.91 Å². The Morgan fingerprint density at radius 2 is 2.12 bits per heavy atom. The highest BCUT2D eigenvalue weighted by Gasteiger charge is 2.55. The molecule has 1 aliphatic heterocycles. The minimum atomic E-state index is -0.796. The van der Waals surface area contributed by atoms with Crippen molar-refractivity contribution in [3.63, 3.8) is 0 Å². The third kappa shape index (κ3) is 2.92. The molecule has 4 rings (SSSR count). The Morgan fingerprint density at radius 3 is 2.73 bits per heavy atom. The molecule has 1 aromatic heterocycles. The molecule has 1 saturated heterocycles. The first kappa shape index (κ1) is 17.5. The zero-order chi connectivity index (χ0) is 18.3. The summed E-state index contributed by atoms with van der Waals surface area (Å²) in [6, 6.07) is 0.264. The van der Waals surface area contributed by atoms with E-state index in [1.165, 1.54) is 0 Å². The molecule has 26 heavy (non-hydrogen) atoms. The van der Waals surface area contributed by atoms with Crippen molar-refractivity contribution in [2.45, 2.75) is 51.5 Å². The molecule has 3 unspecified atom stereocenters. The van der Waals surface area contributed by atoms with Crippen molar-refractivity contribution in [1.29, 1.82) is 0 Å². The predicted octanol–water partition coefficient (Wildman–Crippen LogP) is 2.16. The van der Waals surface area contributed by atoms with Crippen LogP contribution in [0.1, 0.15) is 60.6 Å². The van der Waals surface area contributed by atoms with E-state index in [0.29, 0.717) is 18.0 Å². The van der Waals surface area contributed by atoms with E-state index in [1.54, 1.807) is 0 Å². The number of aryl methyl sites for hydroxylation is 1. The van der Waals surface area contributed by atoms with Gasteiger partial charge in [-0.25, -0.2) is 0 Å². The molecule has 2 N–H and O–H groups in total. The molecular formula is C19H27N3O4. The lowest BCUT2D eigenvalue weighted by Gasteiger charge is -2.33. The summed E-state index contributed by atoms with van der Waals surface area (Å²) in [5.74, 6) is -0.347. The van der Waals surface area contributed by atoms with Crippen LogP contribution < -0.4 is 5.32 Å². The van der Waals surface area contributed by atoms with Crippen molar-refractivity contribution in [2.75, 3.05) is 19.8 Å². The molecule has 7 heteroatoms. The molecule has 142 valence electrons. The lowest BCUT2D eigenvalue weighted by atomic mass is 9.73. The van der Waals surface area contributed by atoms with E-state index in [2.05, 4.69) is 10.4 Å². The largest absolute Gasteiger partial charge is 0.481 e. The van der Waals surface area contributed by atoms with E-state index < -0.39 is 11.4 Å². The van der Waals surface area contributed by atoms with E-state index in [4.69, 9.17) is 4.74 Å². The average Bonchev–Trinajstić information content (AvgIpc) is 3.35. The van der Waals surface area contributed by atoms with E-state index in [1.807, 2.05) is 17.8 Å². The Morgan fingerprint density at radius 1 is 1.35 bits per heavy atom. The maximum atomic E-state index is 12.7. The van der Waals surface area contributed by atoms with Gasteiger partial charge in [-0.3, -0.25) is 14.3 Å². The zero-order valence-corrected chi connectivity index (χ0v) is 15.2. The fourth-order valence-electron chi connectivity index (χ4n) is 5.16. The first-order chi connectivity index (χ1) is 12.5. The topological polar surface area (TPSA) is 93.5 Å². The van der Waals surface area contributed by atoms with Gasteiger partial charge in [0.2, 0.25) is 0 Å². The number of nitrogens with one attached hydrogen (secondary N) is 1. The van der Waals surface area contributed by atoms with Crippen molar-refractivity contribution >= 4 is 11.9 Å². The molecule has 1 aromatic rings. The molecule has 2 saturated carbocycles. The third-order valence-corrected chi connectivity index (χ3v) is 6.66. The lowest BCUT2D eigenvalue weighted by molar-refractivity contribution is -0.152. The van der Waals surface area contributed by atoms with Gasteiger partial charge in [0.15, 0.2) is 5.69 Å². The number of carbonyl (C=O) groups is 2. The summed E-state index contributed by atoms with van der Waals surface area (Å²) in [7, 11) is 0. The van der Waals surface area contributed by atoms with Crippen LogP contribution in [0.3, 0.4) is 0 Å². The molecule has 0 radical (unpaired) electrons. The minimum Gasteiger partial charge on any atom is -0.481 e. The molecule has 2 bridgehead atoms. The van der Waals surface area contributed by atoms with Gasteiger partial charge < -0.3 is 15.2 Å². The van der Waals surface area contributed by atoms with Crippen LogP contribution in [-0.4, -0.2) is 46.5 Å². The van der Waals surface area contributed by atoms with Crippen LogP contribution in [0.25, 0.3) is 0 Å². The first-order valence-electron chi connectivity index (χ1n) is 9.64. The number of fused-ring (bicyclic) bond motifs is 2. The molecule has 2 aliphatic carbocycles. The number of ether oxygens (including phenoxy) is 1. The van der Waals surface area contributed by atoms with Crippen molar-refractivity contribution in [3.05, 3.63) is 17.5 Å². The molecule has 3 atom stereocenters. The Bertz CT molecular complexity index is 710. The third-order valence-electron chi connectivity index (χ3n) is 6.66. The summed E-state index contributed by atoms with van der Waals surface area (Å²) in [5.41, 5.74) is 0.432. The fraction of sp³-hybridized carbons (Fsp3) is 0.737. The molecule has 7 nitrogen and oxygen atoms in total. The molecular weight excluding hydrogens is 334 g/mol. The molecule has 3 fully saturated rings. The number of carboxylic acids is 1. The maximum absolute atomic E-state index is 12.7. The van der Waals surface area contributed by atoms with Gasteiger partial charge >= 0.3 is 5.97 Å². The second-order valence-electron chi connectivity index (χ2n) is 8.21. The lowest BCUT2D eigenvalue weighted by Crippen LogP contribution is -2.46. The van der Waals surface area contributed by atoms with E-state index in [9.17, 15) is 14.7 Å². The Labute approximate surface area is 153 Å². The van der Waals surface area contributed by atoms with Crippen LogP contribution >= 0.6 is 0 Å². The highest BCUT2D eigenvalue weighted by atomic mass is 16.5. The molecule has 0 spiro atoms. The van der Waals surface area contributed by atoms with Gasteiger partial charge in [-0.1, -0.05) is 6.42 Å². The summed E-state index contributed by atoms with van der Waals surface area (Å²) in [5, 5.41) is 17.2. The number of carbonyl (C=O) groups excluding carboxylic acids is 1. The van der Waals surface area contributed by atoms with Gasteiger partial charge in [-0.05, 0) is 50.9 Å². The zero-order valence-electron chi connectivity index (χ0n) is 15.2. The second kappa shape index (κ2) is 6.68. The van der Waals surface area contributed by atoms with Crippen molar-refractivity contribution in [1.82, 2.24) is 15.1 Å². The summed E-state index contributed by atoms with van der Waals surface area (Å²) >= 11 is 0. The number of rotatable bonds is 5. The molecule has 2 heterocycles. The normalized spacial score (nSPS) is 31.3. The highest BCUT2D eigenvalue weighted by Crippen LogP contribution is 2.55. The van der Waals surface area contributed by atoms with Crippen LogP contribution in [0, 0.1) is 24.2 Å². The van der Waals surface area contributed by atoms with Gasteiger partial charge in [0.1, 0.15) is 0 Å². The summed E-state index contributed by atoms with van der Waals surface area (Å²) in [4.78, 5) is 24.6. The molecule has 0 aromatic carbocycles. The van der Waals surface area contributed by atoms with Gasteiger partial charge in [0, 0.05) is 31.5 Å². The summed E-state index contributed by atoms with van der Waals surface area (Å²) in [6.07, 6.45) is 7.46. The van der Waals surface area contributed by atoms with Gasteiger partial charge in [-0.2, -0.15) is 5.10 Å². The summed E-state index contributed by atoms with van der Waals surface area (Å²) in [6.45, 7) is 3.51. The quantitative estimate of drug-likeness (QED) is 0.838. The monoisotopic (exact) mass is 361 g/mol. The molecule has 1 amide bonds. The summed E-state index contributed by atoms with van der Waals surface area (Å²) < 4.78 is 7.26. The molecule has 3 aliphatic rings. The van der Waals surface area contributed by atoms with E-state index in [0.717, 1.165) is 50.9 Å². The second-order valence-corrected chi connectivity index (χ2v) is 8.21. The number of nitrogens with zero attached hydrogens (tertiary/aromatic N) is 2. The van der Waals surface area contributed by atoms with Gasteiger partial charge in [-0.15, -0.1) is 0 Å². The van der Waals surface area contributed by atoms with Crippen LogP contribution in [0.2, 0.25) is 0 Å². The number of amides is 1. The van der Waals surface area contributed by atoms with Crippen molar-refractivity contribution in [3.8, 4) is 0 Å². The van der Waals surface area contributed by atoms with Crippen LogP contribution in [0.15, 0.2) is 6.20 Å². The van der Waals surface area contributed by atoms with Crippen LogP contribution in [-0.2, 0) is 9.53 Å². The van der Waals surface area contributed by atoms with Crippen LogP contribution in [0.5, 0.6) is 0 Å². The smallest absolute Gasteiger partial charge is 0.311 e. The van der Waals surface area contributed by atoms with Crippen molar-refractivity contribution < 1.29 is 19.4 Å². The number of carboxylic acid groups (broad SMARTS) is 1. The van der Waals surface area contributed by atoms with Gasteiger partial charge in [0.05, 0.1) is 11.5 Å². The Balaban J connectivity index is 1.45. The Kier molecular flexibility index (Phi) is 4.50. The number of aliphatic carboxylic acids is 1. The fourth-order valence-corrected chi connectivity index (χ4v) is 5.16. The van der Waals surface area contributed by atoms with E-state index >= 15 is 0 Å². The number of hydrogen-bond acceptors (Lipinski definition) is 4. The standard InChI is InChI=1S/C19H27N3O4/c1-12-10-22(15-4-6-26-7-5-15)21-16(12)17(23)20-11-19(18(24)25)9-13-2-3-14(19)8-13/h10,13-15H,2-9,11H2,1H3,(H,20,23)(H,24,25).